The Balaban J connectivity index is 2.00. The first-order valence-corrected chi connectivity index (χ1v) is 8.94. The van der Waals surface area contributed by atoms with E-state index in [1.54, 1.807) is 11.9 Å². The molecule has 0 unspecified atom stereocenters. The van der Waals surface area contributed by atoms with E-state index in [2.05, 4.69) is 43.2 Å². The van der Waals surface area contributed by atoms with Gasteiger partial charge >= 0.3 is 0 Å². The molecule has 0 aliphatic heterocycles. The molecule has 6 heteroatoms. The van der Waals surface area contributed by atoms with E-state index in [1.165, 1.54) is 0 Å². The molecule has 0 aromatic heterocycles. The Morgan fingerprint density at radius 2 is 2.05 bits per heavy atom. The van der Waals surface area contributed by atoms with Gasteiger partial charge < -0.3 is 10.2 Å². The van der Waals surface area contributed by atoms with Crippen molar-refractivity contribution >= 4 is 43.5 Å². The smallest absolute Gasteiger partial charge is 0.242 e. The fourth-order valence-electron chi connectivity index (χ4n) is 2.82. The summed E-state index contributed by atoms with van der Waals surface area (Å²) in [5.74, 6) is -0.0572. The third kappa shape index (κ3) is 3.82. The van der Waals surface area contributed by atoms with Crippen molar-refractivity contribution in [3.63, 3.8) is 0 Å². The van der Waals surface area contributed by atoms with Crippen LogP contribution in [0, 0.1) is 11.3 Å². The maximum Gasteiger partial charge on any atom is 0.242 e. The lowest BCUT2D eigenvalue weighted by Crippen LogP contribution is -2.51. The van der Waals surface area contributed by atoms with Gasteiger partial charge in [-0.2, -0.15) is 5.26 Å². The van der Waals surface area contributed by atoms with E-state index in [9.17, 15) is 10.1 Å². The van der Waals surface area contributed by atoms with Crippen LogP contribution < -0.4 is 5.32 Å². The van der Waals surface area contributed by atoms with E-state index in [1.807, 2.05) is 18.2 Å². The molecular weight excluding hydrogens is 410 g/mol. The summed E-state index contributed by atoms with van der Waals surface area (Å²) in [6.07, 6.45) is 4.71. The monoisotopic (exact) mass is 427 g/mol. The molecule has 0 heterocycles. The summed E-state index contributed by atoms with van der Waals surface area (Å²) in [6.45, 7) is 0.181. The quantitative estimate of drug-likeness (QED) is 0.777. The molecule has 2 rings (SSSR count). The average Bonchev–Trinajstić information content (AvgIpc) is 2.53. The first-order chi connectivity index (χ1) is 10.5. The summed E-state index contributed by atoms with van der Waals surface area (Å²) in [5, 5.41) is 12.7. The number of nitriles is 1. The molecule has 4 nitrogen and oxygen atoms in total. The number of hydrogen-bond acceptors (Lipinski definition) is 3. The van der Waals surface area contributed by atoms with Crippen LogP contribution in [0.5, 0.6) is 0 Å². The van der Waals surface area contributed by atoms with Gasteiger partial charge in [0.05, 0.1) is 12.6 Å². The van der Waals surface area contributed by atoms with Crippen molar-refractivity contribution in [2.24, 2.45) is 0 Å². The molecule has 1 saturated carbocycles. The summed E-state index contributed by atoms with van der Waals surface area (Å²) in [5.41, 5.74) is 0.230. The Labute approximate surface area is 148 Å². The largest absolute Gasteiger partial charge is 0.375 e. The number of carbonyl (C=O) groups excluding carboxylic acids is 1. The minimum absolute atomic E-state index is 0.0572. The summed E-state index contributed by atoms with van der Waals surface area (Å²) in [6, 6.07) is 8.12. The fraction of sp³-hybridized carbons (Fsp3) is 0.500. The molecule has 0 saturated heterocycles. The van der Waals surface area contributed by atoms with Crippen LogP contribution in [-0.2, 0) is 4.79 Å². The van der Waals surface area contributed by atoms with Crippen molar-refractivity contribution in [3.05, 3.63) is 27.1 Å². The molecule has 118 valence electrons. The molecule has 1 aromatic rings. The number of halogens is 2. The highest BCUT2D eigenvalue weighted by Gasteiger charge is 2.38. The minimum Gasteiger partial charge on any atom is -0.375 e. The van der Waals surface area contributed by atoms with Crippen LogP contribution in [0.2, 0.25) is 0 Å². The van der Waals surface area contributed by atoms with Gasteiger partial charge in [0.15, 0.2) is 0 Å². The van der Waals surface area contributed by atoms with Gasteiger partial charge in [-0.25, -0.2) is 0 Å². The number of nitrogens with one attached hydrogen (secondary N) is 1. The summed E-state index contributed by atoms with van der Waals surface area (Å²) in [4.78, 5) is 14.1. The number of benzene rings is 1. The van der Waals surface area contributed by atoms with Crippen LogP contribution in [0.4, 0.5) is 5.69 Å². The van der Waals surface area contributed by atoms with E-state index in [4.69, 9.17) is 0 Å². The number of carbonyl (C=O) groups is 1. The van der Waals surface area contributed by atoms with E-state index < -0.39 is 5.54 Å². The van der Waals surface area contributed by atoms with Crippen LogP contribution in [0.25, 0.3) is 0 Å². The normalized spacial score (nSPS) is 16.6. The Bertz CT molecular complexity index is 592. The second-order valence-electron chi connectivity index (χ2n) is 5.63. The topological polar surface area (TPSA) is 56.1 Å². The van der Waals surface area contributed by atoms with Crippen molar-refractivity contribution in [1.82, 2.24) is 4.90 Å². The van der Waals surface area contributed by atoms with E-state index in [0.29, 0.717) is 0 Å². The molecular formula is C16H19Br2N3O. The van der Waals surface area contributed by atoms with E-state index >= 15 is 0 Å². The van der Waals surface area contributed by atoms with Gasteiger partial charge in [-0.3, -0.25) is 4.79 Å². The zero-order valence-electron chi connectivity index (χ0n) is 12.5. The van der Waals surface area contributed by atoms with Gasteiger partial charge in [0.25, 0.3) is 0 Å². The third-order valence-electron chi connectivity index (χ3n) is 4.27. The number of rotatable bonds is 4. The Morgan fingerprint density at radius 3 is 2.64 bits per heavy atom. The molecule has 22 heavy (non-hydrogen) atoms. The third-order valence-corrected chi connectivity index (χ3v) is 5.42. The predicted molar refractivity (Wildman–Crippen MR) is 94.5 cm³/mol. The molecule has 0 radical (unpaired) electrons. The van der Waals surface area contributed by atoms with Gasteiger partial charge in [0.2, 0.25) is 5.91 Å². The van der Waals surface area contributed by atoms with Crippen LogP contribution in [-0.4, -0.2) is 29.9 Å². The molecule has 1 amide bonds. The second kappa shape index (κ2) is 7.47. The van der Waals surface area contributed by atoms with Crippen molar-refractivity contribution < 1.29 is 4.79 Å². The van der Waals surface area contributed by atoms with Crippen molar-refractivity contribution in [1.29, 1.82) is 5.26 Å². The van der Waals surface area contributed by atoms with E-state index in [-0.39, 0.29) is 12.5 Å². The first-order valence-electron chi connectivity index (χ1n) is 7.35. The Hall–Kier alpha value is -1.06. The number of anilines is 1. The fourth-order valence-corrected chi connectivity index (χ4v) is 4.01. The molecule has 0 bridgehead atoms. The molecule has 1 fully saturated rings. The Morgan fingerprint density at radius 1 is 1.36 bits per heavy atom. The van der Waals surface area contributed by atoms with Gasteiger partial charge in [0.1, 0.15) is 5.54 Å². The molecule has 0 spiro atoms. The summed E-state index contributed by atoms with van der Waals surface area (Å²) < 4.78 is 1.86. The maximum absolute atomic E-state index is 12.4. The molecule has 1 aliphatic carbocycles. The molecule has 1 aliphatic rings. The van der Waals surface area contributed by atoms with Gasteiger partial charge in [-0.1, -0.05) is 35.2 Å². The van der Waals surface area contributed by atoms with Crippen molar-refractivity contribution in [2.75, 3.05) is 18.9 Å². The summed E-state index contributed by atoms with van der Waals surface area (Å²) in [7, 11) is 1.75. The standard InChI is InChI=1S/C16H19Br2N3O/c1-21(16(11-19)7-3-2-4-8-16)15(22)10-20-14-6-5-12(17)9-13(14)18/h5-6,9,20H,2-4,7-8,10H2,1H3. The molecule has 1 N–H and O–H groups in total. The van der Waals surface area contributed by atoms with Crippen molar-refractivity contribution in [2.45, 2.75) is 37.6 Å². The van der Waals surface area contributed by atoms with Gasteiger partial charge in [-0.15, -0.1) is 0 Å². The zero-order valence-corrected chi connectivity index (χ0v) is 15.7. The lowest BCUT2D eigenvalue weighted by molar-refractivity contribution is -0.132. The van der Waals surface area contributed by atoms with E-state index in [0.717, 1.165) is 46.7 Å². The van der Waals surface area contributed by atoms with Gasteiger partial charge in [0, 0.05) is 21.7 Å². The summed E-state index contributed by atoms with van der Waals surface area (Å²) >= 11 is 6.86. The number of likely N-dealkylation sites (N-methyl/N-ethyl adjacent to an activating group) is 1. The second-order valence-corrected chi connectivity index (χ2v) is 7.40. The molecule has 1 aromatic carbocycles. The Kier molecular flexibility index (Phi) is 5.87. The van der Waals surface area contributed by atoms with Crippen LogP contribution in [0.15, 0.2) is 27.1 Å². The molecule has 0 atom stereocenters. The zero-order chi connectivity index (χ0) is 16.2. The maximum atomic E-state index is 12.4. The lowest BCUT2D eigenvalue weighted by Gasteiger charge is -2.39. The minimum atomic E-state index is -0.631. The number of hydrogen-bond donors (Lipinski definition) is 1. The predicted octanol–water partition coefficient (Wildman–Crippen LogP) is 4.31. The highest BCUT2D eigenvalue weighted by molar-refractivity contribution is 9.11. The van der Waals surface area contributed by atoms with Crippen LogP contribution in [0.3, 0.4) is 0 Å². The number of amides is 1. The van der Waals surface area contributed by atoms with Crippen molar-refractivity contribution in [3.8, 4) is 6.07 Å². The highest BCUT2D eigenvalue weighted by atomic mass is 79.9. The van der Waals surface area contributed by atoms with Gasteiger partial charge in [-0.05, 0) is 47.0 Å². The average molecular weight is 429 g/mol. The highest BCUT2D eigenvalue weighted by Crippen LogP contribution is 2.32. The van der Waals surface area contributed by atoms with Crippen LogP contribution in [0.1, 0.15) is 32.1 Å². The van der Waals surface area contributed by atoms with Crippen LogP contribution >= 0.6 is 31.9 Å². The SMILES string of the molecule is CN(C(=O)CNc1ccc(Br)cc1Br)C1(C#N)CCCCC1. The first kappa shape index (κ1) is 17.3. The lowest BCUT2D eigenvalue weighted by atomic mass is 9.81. The number of nitrogens with zero attached hydrogens (tertiary/aromatic N) is 2.